The zero-order valence-electron chi connectivity index (χ0n) is 17.5. The highest BCUT2D eigenvalue weighted by molar-refractivity contribution is 5.57. The number of unbranched alkanes of at least 4 members (excludes halogenated alkanes) is 7. The molecule has 0 unspecified atom stereocenters. The summed E-state index contributed by atoms with van der Waals surface area (Å²) >= 11 is 0. The van der Waals surface area contributed by atoms with Crippen molar-refractivity contribution < 1.29 is 9.47 Å². The number of nitrogens with two attached hydrogens (primary N) is 2. The van der Waals surface area contributed by atoms with E-state index in [0.29, 0.717) is 0 Å². The summed E-state index contributed by atoms with van der Waals surface area (Å²) in [5.74, 6) is 1.73. The molecule has 0 fully saturated rings. The molecule has 0 spiro atoms. The lowest BCUT2D eigenvalue weighted by Gasteiger charge is -2.11. The molecule has 0 bridgehead atoms. The molecule has 0 saturated heterocycles. The minimum Gasteiger partial charge on any atom is -0.493 e. The van der Waals surface area contributed by atoms with Gasteiger partial charge in [0.15, 0.2) is 0 Å². The summed E-state index contributed by atoms with van der Waals surface area (Å²) in [7, 11) is 0. The smallest absolute Gasteiger partial charge is 0.142 e. The number of hydrogen-bond acceptors (Lipinski definition) is 4. The third-order valence-corrected chi connectivity index (χ3v) is 5.16. The fourth-order valence-corrected chi connectivity index (χ4v) is 3.20. The van der Waals surface area contributed by atoms with Crippen molar-refractivity contribution in [1.82, 2.24) is 0 Å². The van der Waals surface area contributed by atoms with Crippen LogP contribution in [0.4, 0.5) is 11.4 Å². The van der Waals surface area contributed by atoms with E-state index in [4.69, 9.17) is 20.9 Å². The summed E-state index contributed by atoms with van der Waals surface area (Å²) in [4.78, 5) is 0. The van der Waals surface area contributed by atoms with Crippen LogP contribution in [0.15, 0.2) is 36.4 Å². The van der Waals surface area contributed by atoms with Crippen LogP contribution in [0, 0.1) is 13.8 Å². The SMILES string of the molecule is Cc1cccc(OCCCCCCCCCCOc2cccc(N)c2C)c1N. The highest BCUT2D eigenvalue weighted by Crippen LogP contribution is 2.25. The predicted molar refractivity (Wildman–Crippen MR) is 119 cm³/mol. The Kier molecular flexibility index (Phi) is 9.53. The Labute approximate surface area is 170 Å². The minimum absolute atomic E-state index is 0.744. The Morgan fingerprint density at radius 3 is 1.79 bits per heavy atom. The van der Waals surface area contributed by atoms with Gasteiger partial charge in [-0.3, -0.25) is 0 Å². The number of ether oxygens (including phenoxy) is 2. The number of aryl methyl sites for hydroxylation is 1. The zero-order valence-corrected chi connectivity index (χ0v) is 17.5. The Bertz CT molecular complexity index is 654. The largest absolute Gasteiger partial charge is 0.493 e. The van der Waals surface area contributed by atoms with Gasteiger partial charge in [-0.2, -0.15) is 0 Å². The molecule has 0 heterocycles. The summed E-state index contributed by atoms with van der Waals surface area (Å²) in [6, 6.07) is 11.8. The van der Waals surface area contributed by atoms with Gasteiger partial charge in [0.2, 0.25) is 0 Å². The van der Waals surface area contributed by atoms with Crippen LogP contribution in [-0.2, 0) is 0 Å². The van der Waals surface area contributed by atoms with Crippen molar-refractivity contribution in [1.29, 1.82) is 0 Å². The maximum Gasteiger partial charge on any atom is 0.142 e. The quantitative estimate of drug-likeness (QED) is 0.326. The molecule has 154 valence electrons. The van der Waals surface area contributed by atoms with Gasteiger partial charge in [-0.05, 0) is 50.5 Å². The van der Waals surface area contributed by atoms with E-state index < -0.39 is 0 Å². The number of para-hydroxylation sites is 1. The maximum absolute atomic E-state index is 6.02. The van der Waals surface area contributed by atoms with Gasteiger partial charge < -0.3 is 20.9 Å². The lowest BCUT2D eigenvalue weighted by Crippen LogP contribution is -2.01. The van der Waals surface area contributed by atoms with Crippen molar-refractivity contribution in [3.63, 3.8) is 0 Å². The molecule has 0 atom stereocenters. The number of anilines is 2. The standard InChI is InChI=1S/C24H36N2O2/c1-19-13-11-16-23(24(19)26)28-18-10-8-6-4-3-5-7-9-17-27-22-15-12-14-21(25)20(22)2/h11-16H,3-10,17-18,25-26H2,1-2H3. The molecule has 0 aliphatic rings. The first-order valence-corrected chi connectivity index (χ1v) is 10.6. The fraction of sp³-hybridized carbons (Fsp3) is 0.500. The van der Waals surface area contributed by atoms with E-state index in [0.717, 1.165) is 60.1 Å². The van der Waals surface area contributed by atoms with Crippen molar-refractivity contribution in [3.8, 4) is 11.5 Å². The molecule has 0 amide bonds. The molecule has 0 aliphatic carbocycles. The zero-order chi connectivity index (χ0) is 20.2. The van der Waals surface area contributed by atoms with Gasteiger partial charge in [0.1, 0.15) is 11.5 Å². The van der Waals surface area contributed by atoms with E-state index >= 15 is 0 Å². The number of benzene rings is 2. The van der Waals surface area contributed by atoms with Gasteiger partial charge >= 0.3 is 0 Å². The summed E-state index contributed by atoms with van der Waals surface area (Å²) in [6.07, 6.45) is 9.74. The van der Waals surface area contributed by atoms with E-state index in [1.807, 2.05) is 50.2 Å². The lowest BCUT2D eigenvalue weighted by molar-refractivity contribution is 0.300. The van der Waals surface area contributed by atoms with Crippen LogP contribution >= 0.6 is 0 Å². The molecular formula is C24H36N2O2. The molecule has 28 heavy (non-hydrogen) atoms. The highest BCUT2D eigenvalue weighted by atomic mass is 16.5. The van der Waals surface area contributed by atoms with Crippen molar-refractivity contribution in [2.45, 2.75) is 65.2 Å². The molecule has 0 aliphatic heterocycles. The van der Waals surface area contributed by atoms with Crippen molar-refractivity contribution in [2.24, 2.45) is 0 Å². The number of hydrogen-bond donors (Lipinski definition) is 2. The van der Waals surface area contributed by atoms with Crippen molar-refractivity contribution in [2.75, 3.05) is 24.7 Å². The van der Waals surface area contributed by atoms with Crippen LogP contribution < -0.4 is 20.9 Å². The molecule has 0 radical (unpaired) electrons. The van der Waals surface area contributed by atoms with E-state index in [1.54, 1.807) is 0 Å². The van der Waals surface area contributed by atoms with E-state index in [9.17, 15) is 0 Å². The summed E-state index contributed by atoms with van der Waals surface area (Å²) < 4.78 is 11.6. The van der Waals surface area contributed by atoms with Crippen LogP contribution in [-0.4, -0.2) is 13.2 Å². The third-order valence-electron chi connectivity index (χ3n) is 5.16. The second-order valence-corrected chi connectivity index (χ2v) is 7.48. The van der Waals surface area contributed by atoms with Gasteiger partial charge in [-0.1, -0.05) is 56.7 Å². The lowest BCUT2D eigenvalue weighted by atomic mass is 10.1. The van der Waals surface area contributed by atoms with Crippen LogP contribution in [0.1, 0.15) is 62.5 Å². The fourth-order valence-electron chi connectivity index (χ4n) is 3.20. The number of rotatable bonds is 13. The van der Waals surface area contributed by atoms with Gasteiger partial charge in [-0.15, -0.1) is 0 Å². The van der Waals surface area contributed by atoms with Crippen LogP contribution in [0.25, 0.3) is 0 Å². The van der Waals surface area contributed by atoms with Gasteiger partial charge in [0.05, 0.1) is 18.9 Å². The Balaban J connectivity index is 1.42. The molecule has 4 heteroatoms. The van der Waals surface area contributed by atoms with Crippen molar-refractivity contribution in [3.05, 3.63) is 47.5 Å². The molecule has 4 nitrogen and oxygen atoms in total. The average Bonchev–Trinajstić information content (AvgIpc) is 2.69. The first kappa shape index (κ1) is 21.9. The van der Waals surface area contributed by atoms with E-state index in [1.165, 1.54) is 38.5 Å². The first-order valence-electron chi connectivity index (χ1n) is 10.6. The molecule has 2 rings (SSSR count). The molecule has 0 aromatic heterocycles. The molecule has 4 N–H and O–H groups in total. The van der Waals surface area contributed by atoms with Crippen LogP contribution in [0.3, 0.4) is 0 Å². The monoisotopic (exact) mass is 384 g/mol. The average molecular weight is 385 g/mol. The highest BCUT2D eigenvalue weighted by Gasteiger charge is 2.03. The second-order valence-electron chi connectivity index (χ2n) is 7.48. The molecule has 2 aromatic carbocycles. The van der Waals surface area contributed by atoms with Gasteiger partial charge in [0, 0.05) is 11.3 Å². The summed E-state index contributed by atoms with van der Waals surface area (Å²) in [5.41, 5.74) is 15.6. The topological polar surface area (TPSA) is 70.5 Å². The maximum atomic E-state index is 6.02. The predicted octanol–water partition coefficient (Wildman–Crippen LogP) is 6.05. The Morgan fingerprint density at radius 2 is 1.14 bits per heavy atom. The van der Waals surface area contributed by atoms with Gasteiger partial charge in [0.25, 0.3) is 0 Å². The van der Waals surface area contributed by atoms with E-state index in [-0.39, 0.29) is 0 Å². The van der Waals surface area contributed by atoms with Gasteiger partial charge in [-0.25, -0.2) is 0 Å². The number of nitrogen functional groups attached to an aromatic ring is 2. The summed E-state index contributed by atoms with van der Waals surface area (Å²) in [6.45, 7) is 5.52. The molecule has 0 saturated carbocycles. The second kappa shape index (κ2) is 12.2. The van der Waals surface area contributed by atoms with E-state index in [2.05, 4.69) is 0 Å². The normalized spacial score (nSPS) is 10.8. The Hall–Kier alpha value is -2.36. The first-order chi connectivity index (χ1) is 13.6. The van der Waals surface area contributed by atoms with Crippen molar-refractivity contribution >= 4 is 11.4 Å². The van der Waals surface area contributed by atoms with Crippen LogP contribution in [0.2, 0.25) is 0 Å². The molecule has 2 aromatic rings. The minimum atomic E-state index is 0.744. The summed E-state index contributed by atoms with van der Waals surface area (Å²) in [5, 5.41) is 0. The Morgan fingerprint density at radius 1 is 0.643 bits per heavy atom. The third kappa shape index (κ3) is 7.34. The molecular weight excluding hydrogens is 348 g/mol. The van der Waals surface area contributed by atoms with Crippen LogP contribution in [0.5, 0.6) is 11.5 Å².